The molecule has 0 N–H and O–H groups in total. The summed E-state index contributed by atoms with van der Waals surface area (Å²) in [7, 11) is 0. The number of nitro benzene ring substituents is 1. The van der Waals surface area contributed by atoms with E-state index < -0.39 is 10.7 Å². The van der Waals surface area contributed by atoms with Crippen molar-refractivity contribution in [1.29, 1.82) is 0 Å². The number of benzene rings is 2. The first-order valence-corrected chi connectivity index (χ1v) is 7.54. The van der Waals surface area contributed by atoms with Gasteiger partial charge >= 0.3 is 0 Å². The minimum atomic E-state index is -0.690. The molecule has 2 aromatic carbocycles. The Kier molecular flexibility index (Phi) is 4.41. The molecule has 2 aromatic rings. The smallest absolute Gasteiger partial charge is 0.272 e. The lowest BCUT2D eigenvalue weighted by molar-refractivity contribution is -0.385. The molecule has 0 saturated carbocycles. The predicted octanol–water partition coefficient (Wildman–Crippen LogP) is 3.78. The van der Waals surface area contributed by atoms with Crippen LogP contribution in [0.5, 0.6) is 5.75 Å². The fraction of sp³-hybridized carbons (Fsp3) is 0.294. The van der Waals surface area contributed by atoms with Gasteiger partial charge in [0, 0.05) is 37.7 Å². The van der Waals surface area contributed by atoms with Gasteiger partial charge in [-0.15, -0.1) is 0 Å². The highest BCUT2D eigenvalue weighted by Gasteiger charge is 2.22. The van der Waals surface area contributed by atoms with Gasteiger partial charge in [-0.3, -0.25) is 10.1 Å². The lowest BCUT2D eigenvalue weighted by atomic mass is 10.1. The Labute approximate surface area is 133 Å². The van der Waals surface area contributed by atoms with E-state index in [-0.39, 0.29) is 17.5 Å². The summed E-state index contributed by atoms with van der Waals surface area (Å²) in [5.74, 6) is -0.613. The fourth-order valence-electron chi connectivity index (χ4n) is 2.75. The van der Waals surface area contributed by atoms with Gasteiger partial charge in [0.05, 0.1) is 11.0 Å². The monoisotopic (exact) mass is 316 g/mol. The molecule has 0 aliphatic carbocycles. The van der Waals surface area contributed by atoms with Crippen LogP contribution < -0.4 is 9.64 Å². The van der Waals surface area contributed by atoms with Gasteiger partial charge in [-0.05, 0) is 18.2 Å². The molecule has 0 amide bonds. The number of hydrogen-bond acceptors (Lipinski definition) is 4. The first-order chi connectivity index (χ1) is 11.1. The highest BCUT2D eigenvalue weighted by Crippen LogP contribution is 2.27. The fourth-order valence-corrected chi connectivity index (χ4v) is 2.75. The van der Waals surface area contributed by atoms with Gasteiger partial charge in [-0.1, -0.05) is 18.2 Å². The molecule has 0 unspecified atom stereocenters. The number of halogens is 1. The first-order valence-electron chi connectivity index (χ1n) is 7.54. The summed E-state index contributed by atoms with van der Waals surface area (Å²) in [6, 6.07) is 13.6. The number of hydrogen-bond donors (Lipinski definition) is 0. The highest BCUT2D eigenvalue weighted by molar-refractivity contribution is 5.46. The molecule has 0 bridgehead atoms. The van der Waals surface area contributed by atoms with E-state index in [0.717, 1.165) is 32.0 Å². The Morgan fingerprint density at radius 3 is 2.43 bits per heavy atom. The van der Waals surface area contributed by atoms with Crippen molar-refractivity contribution in [3.63, 3.8) is 0 Å². The van der Waals surface area contributed by atoms with Crippen molar-refractivity contribution in [2.75, 3.05) is 18.0 Å². The molecule has 120 valence electrons. The molecule has 0 atom stereocenters. The maximum Gasteiger partial charge on any atom is 0.272 e. The zero-order valence-corrected chi connectivity index (χ0v) is 12.5. The molecule has 23 heavy (non-hydrogen) atoms. The van der Waals surface area contributed by atoms with Crippen molar-refractivity contribution in [1.82, 2.24) is 0 Å². The molecule has 0 radical (unpaired) electrons. The van der Waals surface area contributed by atoms with E-state index in [0.29, 0.717) is 0 Å². The Morgan fingerprint density at radius 1 is 1.13 bits per heavy atom. The van der Waals surface area contributed by atoms with Crippen LogP contribution >= 0.6 is 0 Å². The van der Waals surface area contributed by atoms with Gasteiger partial charge in [-0.25, -0.2) is 4.39 Å². The SMILES string of the molecule is O=[N+]([O-])c1ccc(OC2CCN(c3ccccc3)CC2)c(F)c1. The van der Waals surface area contributed by atoms with Crippen LogP contribution in [-0.4, -0.2) is 24.1 Å². The number of anilines is 1. The van der Waals surface area contributed by atoms with Gasteiger partial charge in [0.15, 0.2) is 11.6 Å². The zero-order chi connectivity index (χ0) is 16.2. The largest absolute Gasteiger partial charge is 0.487 e. The van der Waals surface area contributed by atoms with Crippen LogP contribution in [0.4, 0.5) is 15.8 Å². The van der Waals surface area contributed by atoms with E-state index in [1.165, 1.54) is 17.8 Å². The van der Waals surface area contributed by atoms with Gasteiger partial charge < -0.3 is 9.64 Å². The molecule has 5 nitrogen and oxygen atoms in total. The third kappa shape index (κ3) is 3.59. The minimum absolute atomic E-state index is 0.0776. The molecule has 6 heteroatoms. The van der Waals surface area contributed by atoms with E-state index in [2.05, 4.69) is 17.0 Å². The summed E-state index contributed by atoms with van der Waals surface area (Å²) < 4.78 is 19.5. The molecular formula is C17H17FN2O3. The topological polar surface area (TPSA) is 55.6 Å². The van der Waals surface area contributed by atoms with Crippen LogP contribution in [0.2, 0.25) is 0 Å². The van der Waals surface area contributed by atoms with Crippen molar-refractivity contribution < 1.29 is 14.1 Å². The third-order valence-electron chi connectivity index (χ3n) is 3.98. The summed E-state index contributed by atoms with van der Waals surface area (Å²) in [6.07, 6.45) is 1.49. The van der Waals surface area contributed by atoms with E-state index >= 15 is 0 Å². The van der Waals surface area contributed by atoms with Gasteiger partial charge in [0.25, 0.3) is 5.69 Å². The van der Waals surface area contributed by atoms with E-state index in [1.54, 1.807) is 0 Å². The molecule has 0 spiro atoms. The normalized spacial score (nSPS) is 15.4. The molecule has 1 fully saturated rings. The summed E-state index contributed by atoms with van der Waals surface area (Å²) in [4.78, 5) is 12.3. The van der Waals surface area contributed by atoms with Crippen LogP contribution in [0.1, 0.15) is 12.8 Å². The summed E-state index contributed by atoms with van der Waals surface area (Å²) in [5.41, 5.74) is 0.904. The Morgan fingerprint density at radius 2 is 1.83 bits per heavy atom. The van der Waals surface area contributed by atoms with Crippen molar-refractivity contribution in [3.05, 3.63) is 64.5 Å². The highest BCUT2D eigenvalue weighted by atomic mass is 19.1. The average molecular weight is 316 g/mol. The van der Waals surface area contributed by atoms with Crippen molar-refractivity contribution >= 4 is 11.4 Å². The van der Waals surface area contributed by atoms with E-state index in [4.69, 9.17) is 4.74 Å². The number of nitro groups is 1. The maximum atomic E-state index is 13.9. The molecule has 1 heterocycles. The first kappa shape index (κ1) is 15.3. The zero-order valence-electron chi connectivity index (χ0n) is 12.5. The van der Waals surface area contributed by atoms with Gasteiger partial charge in [-0.2, -0.15) is 0 Å². The number of nitrogens with zero attached hydrogens (tertiary/aromatic N) is 2. The quantitative estimate of drug-likeness (QED) is 0.636. The number of rotatable bonds is 4. The molecule has 1 aliphatic heterocycles. The predicted molar refractivity (Wildman–Crippen MR) is 85.4 cm³/mol. The summed E-state index contributed by atoms with van der Waals surface area (Å²) in [6.45, 7) is 1.67. The third-order valence-corrected chi connectivity index (χ3v) is 3.98. The number of non-ortho nitro benzene ring substituents is 1. The Bertz CT molecular complexity index is 685. The number of ether oxygens (including phenoxy) is 1. The van der Waals surface area contributed by atoms with Crippen LogP contribution in [0.3, 0.4) is 0 Å². The summed E-state index contributed by atoms with van der Waals surface area (Å²) >= 11 is 0. The maximum absolute atomic E-state index is 13.9. The second kappa shape index (κ2) is 6.64. The van der Waals surface area contributed by atoms with E-state index in [1.807, 2.05) is 18.2 Å². The second-order valence-corrected chi connectivity index (χ2v) is 5.51. The minimum Gasteiger partial charge on any atom is -0.487 e. The van der Waals surface area contributed by atoms with E-state index in [9.17, 15) is 14.5 Å². The standard InChI is InChI=1S/C17H17FN2O3/c18-16-12-14(20(21)22)6-7-17(16)23-15-8-10-19(11-9-15)13-4-2-1-3-5-13/h1-7,12,15H,8-11H2. The molecule has 1 saturated heterocycles. The van der Waals surface area contributed by atoms with Crippen LogP contribution in [0.25, 0.3) is 0 Å². The van der Waals surface area contributed by atoms with Crippen molar-refractivity contribution in [3.8, 4) is 5.75 Å². The van der Waals surface area contributed by atoms with Crippen LogP contribution in [0.15, 0.2) is 48.5 Å². The molecule has 1 aliphatic rings. The lowest BCUT2D eigenvalue weighted by Gasteiger charge is -2.33. The van der Waals surface area contributed by atoms with Crippen LogP contribution in [0, 0.1) is 15.9 Å². The van der Waals surface area contributed by atoms with Crippen LogP contribution in [-0.2, 0) is 0 Å². The van der Waals surface area contributed by atoms with Crippen molar-refractivity contribution in [2.24, 2.45) is 0 Å². The number of para-hydroxylation sites is 1. The summed E-state index contributed by atoms with van der Waals surface area (Å²) in [5, 5.41) is 10.6. The lowest BCUT2D eigenvalue weighted by Crippen LogP contribution is -2.38. The Hall–Kier alpha value is -2.63. The average Bonchev–Trinajstić information content (AvgIpc) is 2.58. The molecular weight excluding hydrogens is 299 g/mol. The number of piperidine rings is 1. The van der Waals surface area contributed by atoms with Gasteiger partial charge in [0.1, 0.15) is 6.10 Å². The Balaban J connectivity index is 1.60. The molecule has 0 aromatic heterocycles. The second-order valence-electron chi connectivity index (χ2n) is 5.51. The van der Waals surface area contributed by atoms with Gasteiger partial charge in [0.2, 0.25) is 0 Å². The molecule has 3 rings (SSSR count). The van der Waals surface area contributed by atoms with Crippen molar-refractivity contribution in [2.45, 2.75) is 18.9 Å².